The van der Waals surface area contributed by atoms with E-state index in [0.717, 1.165) is 25.7 Å². The molecule has 0 aliphatic rings. The summed E-state index contributed by atoms with van der Waals surface area (Å²) < 4.78 is 9.97. The Kier molecular flexibility index (Phi) is 15.3. The van der Waals surface area contributed by atoms with Crippen LogP contribution in [0.2, 0.25) is 0 Å². The summed E-state index contributed by atoms with van der Waals surface area (Å²) in [5, 5.41) is 0. The van der Waals surface area contributed by atoms with Gasteiger partial charge in [-0.25, -0.2) is 9.59 Å². The molecule has 4 nitrogen and oxygen atoms in total. The van der Waals surface area contributed by atoms with Gasteiger partial charge in [0.25, 0.3) is 0 Å². The molecule has 0 N–H and O–H groups in total. The minimum atomic E-state index is -0.458. The zero-order chi connectivity index (χ0) is 21.9. The summed E-state index contributed by atoms with van der Waals surface area (Å²) in [6.07, 6.45) is 20.8. The molecule has 1 aromatic carbocycles. The Hall–Kier alpha value is -2.10. The Balaban J connectivity index is 1.99. The fourth-order valence-corrected chi connectivity index (χ4v) is 3.31. The van der Waals surface area contributed by atoms with Gasteiger partial charge in [0.2, 0.25) is 0 Å². The van der Waals surface area contributed by atoms with Gasteiger partial charge >= 0.3 is 11.9 Å². The third kappa shape index (κ3) is 12.5. The van der Waals surface area contributed by atoms with Crippen molar-refractivity contribution in [2.24, 2.45) is 0 Å². The molecule has 0 atom stereocenters. The number of hydrogen-bond acceptors (Lipinski definition) is 4. The van der Waals surface area contributed by atoms with Crippen LogP contribution < -0.4 is 0 Å². The van der Waals surface area contributed by atoms with Gasteiger partial charge < -0.3 is 9.47 Å². The molecular formula is C26H40O4. The van der Waals surface area contributed by atoms with E-state index >= 15 is 0 Å². The van der Waals surface area contributed by atoms with E-state index in [0.29, 0.717) is 17.7 Å². The minimum absolute atomic E-state index is 0.353. The Bertz CT molecular complexity index is 621. The molecule has 0 radical (unpaired) electrons. The van der Waals surface area contributed by atoms with Crippen molar-refractivity contribution in [3.8, 4) is 0 Å². The molecule has 0 amide bonds. The van der Waals surface area contributed by atoms with Gasteiger partial charge in [0.1, 0.15) is 0 Å². The number of esters is 2. The number of ether oxygens (including phenoxy) is 2. The fraction of sp³-hybridized carbons (Fsp3) is 0.615. The lowest BCUT2D eigenvalue weighted by Gasteiger charge is -2.06. The Labute approximate surface area is 183 Å². The first-order valence-electron chi connectivity index (χ1n) is 11.7. The van der Waals surface area contributed by atoms with Crippen molar-refractivity contribution in [2.75, 3.05) is 13.7 Å². The quantitative estimate of drug-likeness (QED) is 0.152. The maximum absolute atomic E-state index is 12.1. The first-order chi connectivity index (χ1) is 14.7. The number of carbonyl (C=O) groups excluding carboxylic acids is 2. The van der Waals surface area contributed by atoms with Crippen LogP contribution in [0.4, 0.5) is 0 Å². The maximum Gasteiger partial charge on any atom is 0.338 e. The van der Waals surface area contributed by atoms with Crippen molar-refractivity contribution < 1.29 is 19.1 Å². The zero-order valence-electron chi connectivity index (χ0n) is 19.0. The second kappa shape index (κ2) is 17.7. The van der Waals surface area contributed by atoms with E-state index in [1.165, 1.54) is 71.0 Å². The summed E-state index contributed by atoms with van der Waals surface area (Å²) in [5.41, 5.74) is 0.729. The predicted octanol–water partition coefficient (Wildman–Crippen LogP) is 7.28. The summed E-state index contributed by atoms with van der Waals surface area (Å²) in [5.74, 6) is -0.855. The van der Waals surface area contributed by atoms with E-state index in [-0.39, 0.29) is 0 Å². The van der Waals surface area contributed by atoms with E-state index in [4.69, 9.17) is 4.74 Å². The summed E-state index contributed by atoms with van der Waals surface area (Å²) in [6.45, 7) is 2.67. The number of hydrogen-bond donors (Lipinski definition) is 0. The van der Waals surface area contributed by atoms with Crippen molar-refractivity contribution in [2.45, 2.75) is 90.4 Å². The number of unbranched alkanes of at least 4 members (excludes halogenated alkanes) is 11. The number of rotatable bonds is 17. The Morgan fingerprint density at radius 2 is 1.30 bits per heavy atom. The summed E-state index contributed by atoms with van der Waals surface area (Å²) in [6, 6.07) is 6.42. The number of methoxy groups -OCH3 is 1. The van der Waals surface area contributed by atoms with Crippen molar-refractivity contribution in [3.63, 3.8) is 0 Å². The third-order valence-electron chi connectivity index (χ3n) is 5.16. The molecule has 0 aromatic heterocycles. The van der Waals surface area contributed by atoms with Crippen molar-refractivity contribution >= 4 is 11.9 Å². The van der Waals surface area contributed by atoms with Crippen LogP contribution in [0, 0.1) is 0 Å². The first-order valence-corrected chi connectivity index (χ1v) is 11.7. The second-order valence-corrected chi connectivity index (χ2v) is 7.79. The first kappa shape index (κ1) is 25.9. The molecule has 0 fully saturated rings. The third-order valence-corrected chi connectivity index (χ3v) is 5.16. The van der Waals surface area contributed by atoms with Gasteiger partial charge in [0.05, 0.1) is 24.8 Å². The normalized spacial score (nSPS) is 11.0. The predicted molar refractivity (Wildman–Crippen MR) is 123 cm³/mol. The molecule has 0 aliphatic heterocycles. The van der Waals surface area contributed by atoms with Crippen LogP contribution >= 0.6 is 0 Å². The van der Waals surface area contributed by atoms with Crippen LogP contribution in [-0.4, -0.2) is 25.7 Å². The highest BCUT2D eigenvalue weighted by Crippen LogP contribution is 2.11. The number of carbonyl (C=O) groups is 2. The van der Waals surface area contributed by atoms with Crippen LogP contribution in [-0.2, 0) is 9.47 Å². The van der Waals surface area contributed by atoms with Crippen molar-refractivity contribution in [1.82, 2.24) is 0 Å². The van der Waals surface area contributed by atoms with E-state index in [9.17, 15) is 9.59 Å². The maximum atomic E-state index is 12.1. The van der Waals surface area contributed by atoms with Crippen LogP contribution in [0.3, 0.4) is 0 Å². The Morgan fingerprint density at radius 3 is 1.90 bits per heavy atom. The topological polar surface area (TPSA) is 52.6 Å². The van der Waals surface area contributed by atoms with Gasteiger partial charge in [-0.2, -0.15) is 0 Å². The van der Waals surface area contributed by atoms with Gasteiger partial charge in [-0.15, -0.1) is 0 Å². The van der Waals surface area contributed by atoms with E-state index in [1.807, 2.05) is 0 Å². The molecule has 0 saturated heterocycles. The van der Waals surface area contributed by atoms with Gasteiger partial charge in [-0.3, -0.25) is 0 Å². The zero-order valence-corrected chi connectivity index (χ0v) is 19.0. The van der Waals surface area contributed by atoms with E-state index in [2.05, 4.69) is 23.8 Å². The molecule has 0 saturated carbocycles. The summed E-state index contributed by atoms with van der Waals surface area (Å²) in [7, 11) is 1.32. The molecule has 168 valence electrons. The number of benzene rings is 1. The van der Waals surface area contributed by atoms with Crippen molar-refractivity contribution in [3.05, 3.63) is 47.5 Å². The average Bonchev–Trinajstić information content (AvgIpc) is 2.78. The van der Waals surface area contributed by atoms with Gasteiger partial charge in [-0.05, 0) is 56.7 Å². The van der Waals surface area contributed by atoms with E-state index < -0.39 is 11.9 Å². The lowest BCUT2D eigenvalue weighted by molar-refractivity contribution is 0.0498. The molecule has 1 aromatic rings. The van der Waals surface area contributed by atoms with E-state index in [1.54, 1.807) is 18.2 Å². The number of allylic oxidation sites excluding steroid dienone is 2. The molecule has 4 heteroatoms. The molecule has 1 rings (SSSR count). The highest BCUT2D eigenvalue weighted by molar-refractivity contribution is 5.95. The molecule has 0 aliphatic carbocycles. The van der Waals surface area contributed by atoms with Crippen molar-refractivity contribution in [1.29, 1.82) is 0 Å². The highest BCUT2D eigenvalue weighted by Gasteiger charge is 2.11. The smallest absolute Gasteiger partial charge is 0.338 e. The summed E-state index contributed by atoms with van der Waals surface area (Å²) in [4.78, 5) is 23.6. The fourth-order valence-electron chi connectivity index (χ4n) is 3.31. The average molecular weight is 417 g/mol. The largest absolute Gasteiger partial charge is 0.465 e. The van der Waals surface area contributed by atoms with Gasteiger partial charge in [0.15, 0.2) is 0 Å². The lowest BCUT2D eigenvalue weighted by atomic mass is 10.1. The molecule has 0 spiro atoms. The van der Waals surface area contributed by atoms with Gasteiger partial charge in [-0.1, -0.05) is 70.1 Å². The van der Waals surface area contributed by atoms with Crippen LogP contribution in [0.15, 0.2) is 36.4 Å². The van der Waals surface area contributed by atoms with Gasteiger partial charge in [0, 0.05) is 0 Å². The molecule has 30 heavy (non-hydrogen) atoms. The molecule has 0 heterocycles. The lowest BCUT2D eigenvalue weighted by Crippen LogP contribution is -2.08. The minimum Gasteiger partial charge on any atom is -0.465 e. The molecular weight excluding hydrogens is 376 g/mol. The standard InChI is InChI=1S/C26H40O4/c1-3-4-5-6-7-8-9-10-11-12-13-14-15-16-17-21-30-26(28)24-20-18-19-23(22-24)25(27)29-2/h12-13,18-20,22H,3-11,14-17,21H2,1-2H3. The Morgan fingerprint density at radius 1 is 0.767 bits per heavy atom. The second-order valence-electron chi connectivity index (χ2n) is 7.79. The molecule has 0 bridgehead atoms. The van der Waals surface area contributed by atoms with Crippen LogP contribution in [0.1, 0.15) is 111 Å². The summed E-state index contributed by atoms with van der Waals surface area (Å²) >= 11 is 0. The van der Waals surface area contributed by atoms with Crippen LogP contribution in [0.5, 0.6) is 0 Å². The monoisotopic (exact) mass is 416 g/mol. The SMILES string of the molecule is CCCCCCCCCCC=CCCCCCOC(=O)c1cccc(C(=O)OC)c1. The van der Waals surface area contributed by atoms with Crippen LogP contribution in [0.25, 0.3) is 0 Å². The highest BCUT2D eigenvalue weighted by atomic mass is 16.5. The molecule has 0 unspecified atom stereocenters.